The Hall–Kier alpha value is -0.860. The minimum atomic E-state index is 0.505. The van der Waals surface area contributed by atoms with Crippen LogP contribution < -0.4 is 5.32 Å². The normalized spacial score (nSPS) is 18.6. The molecule has 0 amide bonds. The van der Waals surface area contributed by atoms with E-state index >= 15 is 0 Å². The fraction of sp³-hybridized carbons (Fsp3) is 0.571. The summed E-state index contributed by atoms with van der Waals surface area (Å²) in [6.07, 6.45) is 0. The van der Waals surface area contributed by atoms with Gasteiger partial charge in [-0.2, -0.15) is 0 Å². The molecular formula is C14H22N2. The zero-order valence-corrected chi connectivity index (χ0v) is 10.7. The minimum absolute atomic E-state index is 0.505. The van der Waals surface area contributed by atoms with Crippen molar-refractivity contribution in [1.29, 1.82) is 0 Å². The summed E-state index contributed by atoms with van der Waals surface area (Å²) in [5.41, 5.74) is 4.16. The molecule has 0 spiro atoms. The van der Waals surface area contributed by atoms with Gasteiger partial charge >= 0.3 is 0 Å². The lowest BCUT2D eigenvalue weighted by Gasteiger charge is -2.39. The molecule has 0 bridgehead atoms. The van der Waals surface area contributed by atoms with Gasteiger partial charge in [-0.1, -0.05) is 29.3 Å². The molecule has 0 radical (unpaired) electrons. The predicted molar refractivity (Wildman–Crippen MR) is 68.8 cm³/mol. The number of hydrogen-bond donors (Lipinski definition) is 1. The number of benzene rings is 1. The Balaban J connectivity index is 2.15. The Morgan fingerprint density at radius 2 is 1.75 bits per heavy atom. The first-order valence-electron chi connectivity index (χ1n) is 6.09. The second-order valence-corrected chi connectivity index (χ2v) is 5.07. The highest BCUT2D eigenvalue weighted by Crippen LogP contribution is 2.24. The van der Waals surface area contributed by atoms with Gasteiger partial charge in [0.15, 0.2) is 0 Å². The van der Waals surface area contributed by atoms with E-state index in [1.807, 2.05) is 0 Å². The van der Waals surface area contributed by atoms with Gasteiger partial charge in [-0.05, 0) is 33.4 Å². The lowest BCUT2D eigenvalue weighted by atomic mass is 9.99. The lowest BCUT2D eigenvalue weighted by Crippen LogP contribution is -2.56. The first kappa shape index (κ1) is 11.6. The van der Waals surface area contributed by atoms with Crippen LogP contribution in [-0.2, 0) is 0 Å². The van der Waals surface area contributed by atoms with E-state index in [1.165, 1.54) is 16.7 Å². The van der Waals surface area contributed by atoms with Crippen molar-refractivity contribution < 1.29 is 0 Å². The molecule has 1 saturated heterocycles. The molecule has 1 aromatic rings. The van der Waals surface area contributed by atoms with Crippen LogP contribution in [0.15, 0.2) is 18.2 Å². The summed E-state index contributed by atoms with van der Waals surface area (Å²) in [5, 5.41) is 3.33. The van der Waals surface area contributed by atoms with E-state index in [9.17, 15) is 0 Å². The molecule has 1 unspecified atom stereocenters. The Morgan fingerprint density at radius 3 is 2.19 bits per heavy atom. The van der Waals surface area contributed by atoms with Crippen molar-refractivity contribution in [3.05, 3.63) is 34.9 Å². The standard InChI is InChI=1S/C14H22N2/c1-10-5-11(2)7-13(6-10)12(3)16(4)14-8-15-9-14/h5-7,12,14-15H,8-9H2,1-4H3. The SMILES string of the molecule is Cc1cc(C)cc(C(C)N(C)C2CNC2)c1. The van der Waals surface area contributed by atoms with Crippen molar-refractivity contribution in [3.8, 4) is 0 Å². The maximum atomic E-state index is 3.33. The summed E-state index contributed by atoms with van der Waals surface area (Å²) < 4.78 is 0. The second-order valence-electron chi connectivity index (χ2n) is 5.07. The molecule has 0 aromatic heterocycles. The number of likely N-dealkylation sites (N-methyl/N-ethyl adjacent to an activating group) is 1. The summed E-state index contributed by atoms with van der Waals surface area (Å²) in [4.78, 5) is 2.48. The lowest BCUT2D eigenvalue weighted by molar-refractivity contribution is 0.136. The molecule has 2 rings (SSSR count). The van der Waals surface area contributed by atoms with E-state index in [-0.39, 0.29) is 0 Å². The number of hydrogen-bond acceptors (Lipinski definition) is 2. The molecule has 16 heavy (non-hydrogen) atoms. The average Bonchev–Trinajstić information content (AvgIpc) is 2.12. The maximum absolute atomic E-state index is 3.33. The van der Waals surface area contributed by atoms with Crippen LogP contribution in [0.1, 0.15) is 29.7 Å². The summed E-state index contributed by atoms with van der Waals surface area (Å²) >= 11 is 0. The van der Waals surface area contributed by atoms with Crippen molar-refractivity contribution in [3.63, 3.8) is 0 Å². The largest absolute Gasteiger partial charge is 0.314 e. The zero-order valence-electron chi connectivity index (χ0n) is 10.7. The van der Waals surface area contributed by atoms with E-state index in [1.54, 1.807) is 0 Å². The van der Waals surface area contributed by atoms with E-state index in [0.29, 0.717) is 12.1 Å². The zero-order chi connectivity index (χ0) is 11.7. The van der Waals surface area contributed by atoms with Gasteiger partial charge in [-0.15, -0.1) is 0 Å². The molecule has 2 heteroatoms. The highest BCUT2D eigenvalue weighted by molar-refractivity contribution is 5.30. The summed E-state index contributed by atoms with van der Waals surface area (Å²) in [6.45, 7) is 8.91. The smallest absolute Gasteiger partial charge is 0.0348 e. The second kappa shape index (κ2) is 4.56. The first-order valence-corrected chi connectivity index (χ1v) is 6.09. The molecule has 1 heterocycles. The number of nitrogens with one attached hydrogen (secondary N) is 1. The summed E-state index contributed by atoms with van der Waals surface area (Å²) in [5.74, 6) is 0. The third-order valence-corrected chi connectivity index (χ3v) is 3.67. The maximum Gasteiger partial charge on any atom is 0.0348 e. The van der Waals surface area contributed by atoms with Gasteiger partial charge in [-0.25, -0.2) is 0 Å². The van der Waals surface area contributed by atoms with Crippen LogP contribution in [-0.4, -0.2) is 31.1 Å². The van der Waals surface area contributed by atoms with Crippen molar-refractivity contribution in [2.45, 2.75) is 32.9 Å². The van der Waals surface area contributed by atoms with Gasteiger partial charge in [0.05, 0.1) is 0 Å². The highest BCUT2D eigenvalue weighted by Gasteiger charge is 2.25. The third-order valence-electron chi connectivity index (χ3n) is 3.67. The fourth-order valence-corrected chi connectivity index (χ4v) is 2.36. The molecule has 1 aromatic carbocycles. The molecule has 0 aliphatic carbocycles. The summed E-state index contributed by atoms with van der Waals surface area (Å²) in [7, 11) is 2.23. The number of nitrogens with zero attached hydrogens (tertiary/aromatic N) is 1. The van der Waals surface area contributed by atoms with E-state index < -0.39 is 0 Å². The van der Waals surface area contributed by atoms with Gasteiger partial charge in [0.2, 0.25) is 0 Å². The Labute approximate surface area is 98.7 Å². The van der Waals surface area contributed by atoms with Gasteiger partial charge in [-0.3, -0.25) is 4.90 Å². The molecule has 1 fully saturated rings. The van der Waals surface area contributed by atoms with Gasteiger partial charge in [0.25, 0.3) is 0 Å². The summed E-state index contributed by atoms with van der Waals surface area (Å²) in [6, 6.07) is 8.06. The number of aryl methyl sites for hydroxylation is 2. The minimum Gasteiger partial charge on any atom is -0.314 e. The predicted octanol–water partition coefficient (Wildman–Crippen LogP) is 2.27. The quantitative estimate of drug-likeness (QED) is 0.837. The fourth-order valence-electron chi connectivity index (χ4n) is 2.36. The molecule has 1 aliphatic heterocycles. The molecule has 0 saturated carbocycles. The van der Waals surface area contributed by atoms with Crippen LogP contribution in [0.5, 0.6) is 0 Å². The average molecular weight is 218 g/mol. The molecule has 88 valence electrons. The van der Waals surface area contributed by atoms with E-state index in [0.717, 1.165) is 13.1 Å². The first-order chi connectivity index (χ1) is 7.58. The van der Waals surface area contributed by atoms with Crippen molar-refractivity contribution >= 4 is 0 Å². The van der Waals surface area contributed by atoms with Gasteiger partial charge < -0.3 is 5.32 Å². The Morgan fingerprint density at radius 1 is 1.19 bits per heavy atom. The van der Waals surface area contributed by atoms with Gasteiger partial charge in [0.1, 0.15) is 0 Å². The van der Waals surface area contributed by atoms with E-state index in [2.05, 4.69) is 56.2 Å². The molecule has 1 atom stereocenters. The van der Waals surface area contributed by atoms with Crippen molar-refractivity contribution in [1.82, 2.24) is 10.2 Å². The van der Waals surface area contributed by atoms with Crippen LogP contribution in [0, 0.1) is 13.8 Å². The van der Waals surface area contributed by atoms with Crippen molar-refractivity contribution in [2.24, 2.45) is 0 Å². The molecular weight excluding hydrogens is 196 g/mol. The molecule has 1 N–H and O–H groups in total. The monoisotopic (exact) mass is 218 g/mol. The van der Waals surface area contributed by atoms with Crippen LogP contribution in [0.3, 0.4) is 0 Å². The van der Waals surface area contributed by atoms with Crippen LogP contribution in [0.4, 0.5) is 0 Å². The topological polar surface area (TPSA) is 15.3 Å². The third kappa shape index (κ3) is 2.28. The molecule has 1 aliphatic rings. The van der Waals surface area contributed by atoms with Crippen LogP contribution in [0.25, 0.3) is 0 Å². The van der Waals surface area contributed by atoms with Crippen LogP contribution >= 0.6 is 0 Å². The van der Waals surface area contributed by atoms with E-state index in [4.69, 9.17) is 0 Å². The van der Waals surface area contributed by atoms with Crippen LogP contribution in [0.2, 0.25) is 0 Å². The van der Waals surface area contributed by atoms with Gasteiger partial charge in [0, 0.05) is 25.2 Å². The Bertz CT molecular complexity index is 349. The van der Waals surface area contributed by atoms with Crippen molar-refractivity contribution in [2.75, 3.05) is 20.1 Å². The highest BCUT2D eigenvalue weighted by atomic mass is 15.2. The number of rotatable bonds is 3. The molecule has 2 nitrogen and oxygen atoms in total. The Kier molecular flexibility index (Phi) is 3.31.